The zero-order valence-electron chi connectivity index (χ0n) is 17.7. The molecule has 0 radical (unpaired) electrons. The molecule has 30 heavy (non-hydrogen) atoms. The highest BCUT2D eigenvalue weighted by atomic mass is 32.1. The van der Waals surface area contributed by atoms with Crippen molar-refractivity contribution in [2.24, 2.45) is 0 Å². The van der Waals surface area contributed by atoms with Gasteiger partial charge in [-0.1, -0.05) is 42.5 Å². The van der Waals surface area contributed by atoms with E-state index in [-0.39, 0.29) is 12.4 Å². The molecule has 0 saturated heterocycles. The molecular formula is C25H26N2O2S. The van der Waals surface area contributed by atoms with Crippen LogP contribution >= 0.6 is 12.2 Å². The predicted molar refractivity (Wildman–Crippen MR) is 124 cm³/mol. The molecule has 0 atom stereocenters. The fourth-order valence-electron chi connectivity index (χ4n) is 3.17. The van der Waals surface area contributed by atoms with Gasteiger partial charge in [-0.25, -0.2) is 0 Å². The van der Waals surface area contributed by atoms with Crippen molar-refractivity contribution in [3.05, 3.63) is 94.3 Å². The van der Waals surface area contributed by atoms with Gasteiger partial charge in [0.25, 0.3) is 0 Å². The lowest BCUT2D eigenvalue weighted by Crippen LogP contribution is -2.40. The van der Waals surface area contributed by atoms with Gasteiger partial charge in [0.05, 0.1) is 6.61 Å². The number of anilines is 1. The second-order valence-electron chi connectivity index (χ2n) is 7.53. The molecule has 2 aromatic carbocycles. The van der Waals surface area contributed by atoms with Crippen molar-refractivity contribution in [2.75, 3.05) is 5.32 Å². The number of hydrogen-bond acceptors (Lipinski definition) is 3. The lowest BCUT2D eigenvalue weighted by Gasteiger charge is -2.19. The fraction of sp³-hybridized carbons (Fsp3) is 0.200. The lowest BCUT2D eigenvalue weighted by molar-refractivity contribution is -0.578. The summed E-state index contributed by atoms with van der Waals surface area (Å²) in [6.45, 7) is 7.88. The summed E-state index contributed by atoms with van der Waals surface area (Å²) in [4.78, 5) is 0.326. The molecule has 0 unspecified atom stereocenters. The van der Waals surface area contributed by atoms with Crippen LogP contribution in [0.4, 0.5) is 5.69 Å². The Labute approximate surface area is 183 Å². The Morgan fingerprint density at radius 2 is 1.73 bits per heavy atom. The molecule has 4 nitrogen and oxygen atoms in total. The van der Waals surface area contributed by atoms with Crippen molar-refractivity contribution in [3.8, 4) is 0 Å². The molecule has 0 aliphatic carbocycles. The van der Waals surface area contributed by atoms with Gasteiger partial charge in [-0.3, -0.25) is 0 Å². The minimum absolute atomic E-state index is 0.122. The van der Waals surface area contributed by atoms with E-state index in [9.17, 15) is 10.2 Å². The number of nitrogens with one attached hydrogen (secondary N) is 1. The van der Waals surface area contributed by atoms with Crippen LogP contribution in [0.5, 0.6) is 0 Å². The summed E-state index contributed by atoms with van der Waals surface area (Å²) in [5.74, 6) is -0.180. The Morgan fingerprint density at radius 3 is 2.43 bits per heavy atom. The highest BCUT2D eigenvalue weighted by molar-refractivity contribution is 7.81. The maximum Gasteiger partial charge on any atom is 0.238 e. The quantitative estimate of drug-likeness (QED) is 0.286. The van der Waals surface area contributed by atoms with Gasteiger partial charge in [-0.15, -0.1) is 0 Å². The van der Waals surface area contributed by atoms with Crippen LogP contribution < -0.4 is 15.0 Å². The first-order valence-electron chi connectivity index (χ1n) is 9.79. The Hall–Kier alpha value is -3.02. The smallest absolute Gasteiger partial charge is 0.238 e. The molecule has 0 fully saturated rings. The number of aliphatic hydroxyl groups excluding tert-OH is 1. The summed E-state index contributed by atoms with van der Waals surface area (Å²) < 4.78 is 1.68. The third kappa shape index (κ3) is 4.75. The number of hydrogen-bond donors (Lipinski definition) is 2. The number of aliphatic hydroxyl groups is 1. The monoisotopic (exact) mass is 418 g/mol. The maximum atomic E-state index is 13.5. The summed E-state index contributed by atoms with van der Waals surface area (Å²) in [5, 5.41) is 26.3. The predicted octanol–water partition coefficient (Wildman–Crippen LogP) is 3.83. The molecule has 1 heterocycles. The Morgan fingerprint density at radius 1 is 1.00 bits per heavy atom. The maximum absolute atomic E-state index is 13.5. The van der Waals surface area contributed by atoms with Crippen molar-refractivity contribution in [1.29, 1.82) is 0 Å². The van der Waals surface area contributed by atoms with Gasteiger partial charge in [-0.05, 0) is 73.4 Å². The van der Waals surface area contributed by atoms with Crippen LogP contribution in [0, 0.1) is 27.7 Å². The minimum atomic E-state index is -0.180. The third-order valence-electron chi connectivity index (χ3n) is 5.14. The number of rotatable bonds is 5. The van der Waals surface area contributed by atoms with Crippen LogP contribution in [0.15, 0.2) is 60.9 Å². The van der Waals surface area contributed by atoms with Crippen LogP contribution in [0.2, 0.25) is 0 Å². The molecule has 0 bridgehead atoms. The Kier molecular flexibility index (Phi) is 6.65. The van der Waals surface area contributed by atoms with E-state index >= 15 is 0 Å². The summed E-state index contributed by atoms with van der Waals surface area (Å²) in [6, 6.07) is 15.3. The lowest BCUT2D eigenvalue weighted by atomic mass is 10.0. The molecule has 0 saturated carbocycles. The standard InChI is InChI=1S/C25H26N2O2S/c1-16-7-8-18(3)22(12-16)26-25(30)23(27-11-5-6-20(14-27)15-28)24(29)21-10-9-17(2)19(4)13-21/h5-14,28H,15H2,1-4H3,(H-,26,29,30). The third-order valence-corrected chi connectivity index (χ3v) is 5.44. The molecule has 0 spiro atoms. The van der Waals surface area contributed by atoms with Crippen molar-refractivity contribution >= 4 is 34.3 Å². The van der Waals surface area contributed by atoms with Gasteiger partial charge in [0.2, 0.25) is 5.70 Å². The van der Waals surface area contributed by atoms with E-state index in [1.54, 1.807) is 29.1 Å². The van der Waals surface area contributed by atoms with Crippen LogP contribution in [0.25, 0.3) is 11.5 Å². The summed E-state index contributed by atoms with van der Waals surface area (Å²) in [7, 11) is 0. The van der Waals surface area contributed by atoms with E-state index in [0.717, 1.165) is 27.9 Å². The zero-order chi connectivity index (χ0) is 21.8. The van der Waals surface area contributed by atoms with Crippen LogP contribution in [0.1, 0.15) is 33.4 Å². The van der Waals surface area contributed by atoms with E-state index in [2.05, 4.69) is 5.32 Å². The Balaban J connectivity index is 2.14. The van der Waals surface area contributed by atoms with E-state index in [4.69, 9.17) is 12.2 Å². The second-order valence-corrected chi connectivity index (χ2v) is 7.94. The average Bonchev–Trinajstić information content (AvgIpc) is 2.73. The Bertz CT molecular complexity index is 1140. The molecular weight excluding hydrogens is 392 g/mol. The first kappa shape index (κ1) is 21.7. The van der Waals surface area contributed by atoms with E-state index < -0.39 is 0 Å². The van der Waals surface area contributed by atoms with E-state index in [0.29, 0.717) is 21.8 Å². The average molecular weight is 419 g/mol. The van der Waals surface area contributed by atoms with Gasteiger partial charge in [0.15, 0.2) is 17.4 Å². The van der Waals surface area contributed by atoms with Gasteiger partial charge in [0, 0.05) is 17.3 Å². The zero-order valence-corrected chi connectivity index (χ0v) is 18.5. The van der Waals surface area contributed by atoms with Gasteiger partial charge in [0.1, 0.15) is 0 Å². The van der Waals surface area contributed by atoms with Crippen LogP contribution in [-0.2, 0) is 6.61 Å². The highest BCUT2D eigenvalue weighted by Gasteiger charge is 2.20. The van der Waals surface area contributed by atoms with Crippen molar-refractivity contribution in [3.63, 3.8) is 0 Å². The molecule has 0 aliphatic heterocycles. The number of thiocarbonyl (C=S) groups is 1. The van der Waals surface area contributed by atoms with Crippen LogP contribution in [-0.4, -0.2) is 10.1 Å². The van der Waals surface area contributed by atoms with Crippen molar-refractivity contribution in [1.82, 2.24) is 0 Å². The molecule has 0 aliphatic rings. The fourth-order valence-corrected chi connectivity index (χ4v) is 3.47. The summed E-state index contributed by atoms with van der Waals surface area (Å²) in [6.07, 6.45) is 3.50. The van der Waals surface area contributed by atoms with E-state index in [1.165, 1.54) is 0 Å². The molecule has 3 rings (SSSR count). The SMILES string of the molecule is Cc1ccc(C)c(NC(=S)C(=C([O-])c2ccc(C)c(C)c2)[n+]2cccc(CO)c2)c1. The number of aromatic nitrogens is 1. The molecule has 0 amide bonds. The number of aryl methyl sites for hydroxylation is 4. The largest absolute Gasteiger partial charge is 0.867 e. The topological polar surface area (TPSA) is 59.2 Å². The van der Waals surface area contributed by atoms with Gasteiger partial charge in [-0.2, -0.15) is 4.57 Å². The molecule has 2 N–H and O–H groups in total. The number of benzene rings is 2. The van der Waals surface area contributed by atoms with Crippen molar-refractivity contribution in [2.45, 2.75) is 34.3 Å². The molecule has 1 aromatic heterocycles. The molecule has 154 valence electrons. The molecule has 3 aromatic rings. The minimum Gasteiger partial charge on any atom is -0.867 e. The second kappa shape index (κ2) is 9.20. The van der Waals surface area contributed by atoms with E-state index in [1.807, 2.05) is 64.1 Å². The van der Waals surface area contributed by atoms with Crippen LogP contribution in [0.3, 0.4) is 0 Å². The normalized spacial score (nSPS) is 11.8. The molecule has 5 heteroatoms. The summed E-state index contributed by atoms with van der Waals surface area (Å²) in [5.41, 5.74) is 6.77. The number of nitrogens with zero attached hydrogens (tertiary/aromatic N) is 1. The first-order valence-corrected chi connectivity index (χ1v) is 10.2. The number of pyridine rings is 1. The summed E-state index contributed by atoms with van der Waals surface area (Å²) >= 11 is 5.70. The van der Waals surface area contributed by atoms with Gasteiger partial charge < -0.3 is 15.5 Å². The highest BCUT2D eigenvalue weighted by Crippen LogP contribution is 2.22. The van der Waals surface area contributed by atoms with Crippen molar-refractivity contribution < 1.29 is 14.8 Å². The first-order chi connectivity index (χ1) is 14.3. The van der Waals surface area contributed by atoms with Gasteiger partial charge >= 0.3 is 0 Å².